The third kappa shape index (κ3) is 7.06. The van der Waals surface area contributed by atoms with Crippen LogP contribution in [-0.2, 0) is 9.59 Å². The SMILES string of the molecule is CCCC(=O)NC1CCCN(CCC(=O)N2CCNCC2)C1.Cl. The van der Waals surface area contributed by atoms with Crippen LogP contribution < -0.4 is 10.6 Å². The lowest BCUT2D eigenvalue weighted by atomic mass is 10.0. The van der Waals surface area contributed by atoms with Gasteiger partial charge in [-0.25, -0.2) is 0 Å². The zero-order valence-electron chi connectivity index (χ0n) is 14.2. The van der Waals surface area contributed by atoms with Crippen LogP contribution in [0.5, 0.6) is 0 Å². The Kier molecular flexibility index (Phi) is 9.52. The summed E-state index contributed by atoms with van der Waals surface area (Å²) in [6.07, 6.45) is 4.24. The minimum absolute atomic E-state index is 0. The number of nitrogens with zero attached hydrogens (tertiary/aromatic N) is 2. The molecule has 0 aliphatic carbocycles. The number of halogens is 1. The van der Waals surface area contributed by atoms with Crippen molar-refractivity contribution >= 4 is 24.2 Å². The molecule has 0 aromatic heterocycles. The molecule has 2 N–H and O–H groups in total. The Balaban J connectivity index is 0.00000264. The van der Waals surface area contributed by atoms with Crippen molar-refractivity contribution in [2.24, 2.45) is 0 Å². The van der Waals surface area contributed by atoms with Gasteiger partial charge < -0.3 is 20.4 Å². The Morgan fingerprint density at radius 2 is 1.91 bits per heavy atom. The second-order valence-corrected chi connectivity index (χ2v) is 6.34. The zero-order chi connectivity index (χ0) is 15.8. The van der Waals surface area contributed by atoms with Crippen molar-refractivity contribution in [3.05, 3.63) is 0 Å². The van der Waals surface area contributed by atoms with Crippen LogP contribution in [0.2, 0.25) is 0 Å². The average Bonchev–Trinajstić information content (AvgIpc) is 2.54. The first-order chi connectivity index (χ1) is 10.7. The molecule has 7 heteroatoms. The monoisotopic (exact) mass is 346 g/mol. The molecule has 2 saturated heterocycles. The topological polar surface area (TPSA) is 64.7 Å². The molecule has 0 aromatic rings. The molecule has 1 unspecified atom stereocenters. The summed E-state index contributed by atoms with van der Waals surface area (Å²) in [5.41, 5.74) is 0. The van der Waals surface area contributed by atoms with E-state index in [1.54, 1.807) is 0 Å². The molecule has 0 bridgehead atoms. The van der Waals surface area contributed by atoms with Gasteiger partial charge in [0.05, 0.1) is 0 Å². The van der Waals surface area contributed by atoms with E-state index in [1.807, 2.05) is 11.8 Å². The van der Waals surface area contributed by atoms with Crippen LogP contribution in [-0.4, -0.2) is 73.5 Å². The van der Waals surface area contributed by atoms with Crippen LogP contribution in [0.15, 0.2) is 0 Å². The molecule has 6 nitrogen and oxygen atoms in total. The van der Waals surface area contributed by atoms with Gasteiger partial charge in [0, 0.05) is 58.2 Å². The number of hydrogen-bond donors (Lipinski definition) is 2. The fourth-order valence-corrected chi connectivity index (χ4v) is 3.23. The highest BCUT2D eigenvalue weighted by Crippen LogP contribution is 2.11. The minimum atomic E-state index is 0. The van der Waals surface area contributed by atoms with Crippen LogP contribution in [0.1, 0.15) is 39.0 Å². The molecule has 2 aliphatic heterocycles. The number of piperazine rings is 1. The molecule has 2 amide bonds. The minimum Gasteiger partial charge on any atom is -0.352 e. The first-order valence-electron chi connectivity index (χ1n) is 8.69. The number of carbonyl (C=O) groups excluding carboxylic acids is 2. The van der Waals surface area contributed by atoms with Gasteiger partial charge in [0.25, 0.3) is 0 Å². The van der Waals surface area contributed by atoms with Crippen molar-refractivity contribution in [2.75, 3.05) is 45.8 Å². The Hall–Kier alpha value is -0.850. The Bertz CT molecular complexity index is 375. The van der Waals surface area contributed by atoms with Crippen molar-refractivity contribution in [2.45, 2.75) is 45.1 Å². The van der Waals surface area contributed by atoms with E-state index in [-0.39, 0.29) is 30.3 Å². The molecular weight excluding hydrogens is 316 g/mol. The summed E-state index contributed by atoms with van der Waals surface area (Å²) < 4.78 is 0. The van der Waals surface area contributed by atoms with Gasteiger partial charge in [-0.3, -0.25) is 9.59 Å². The number of rotatable bonds is 6. The number of nitrogens with one attached hydrogen (secondary N) is 2. The van der Waals surface area contributed by atoms with Crippen LogP contribution in [0, 0.1) is 0 Å². The Morgan fingerprint density at radius 3 is 2.61 bits per heavy atom. The second-order valence-electron chi connectivity index (χ2n) is 6.34. The number of hydrogen-bond acceptors (Lipinski definition) is 4. The molecule has 134 valence electrons. The quantitative estimate of drug-likeness (QED) is 0.739. The number of carbonyl (C=O) groups is 2. The summed E-state index contributed by atoms with van der Waals surface area (Å²) in [5.74, 6) is 0.421. The average molecular weight is 347 g/mol. The van der Waals surface area contributed by atoms with Gasteiger partial charge in [-0.1, -0.05) is 6.92 Å². The lowest BCUT2D eigenvalue weighted by Crippen LogP contribution is -2.49. The molecular formula is C16H31ClN4O2. The van der Waals surface area contributed by atoms with Gasteiger partial charge in [-0.2, -0.15) is 0 Å². The molecule has 2 heterocycles. The van der Waals surface area contributed by atoms with E-state index in [9.17, 15) is 9.59 Å². The summed E-state index contributed by atoms with van der Waals surface area (Å²) >= 11 is 0. The van der Waals surface area contributed by atoms with E-state index < -0.39 is 0 Å². The standard InChI is InChI=1S/C16H30N4O2.ClH/c1-2-4-15(21)18-14-5-3-9-19(13-14)10-6-16(22)20-11-7-17-8-12-20;/h14,17H,2-13H2,1H3,(H,18,21);1H. The molecule has 2 aliphatic rings. The first kappa shape index (κ1) is 20.2. The van der Waals surface area contributed by atoms with E-state index in [0.29, 0.717) is 12.8 Å². The molecule has 0 saturated carbocycles. The summed E-state index contributed by atoms with van der Waals surface area (Å²) in [6, 6.07) is 0.252. The highest BCUT2D eigenvalue weighted by atomic mass is 35.5. The van der Waals surface area contributed by atoms with E-state index in [0.717, 1.165) is 65.1 Å². The zero-order valence-corrected chi connectivity index (χ0v) is 15.0. The van der Waals surface area contributed by atoms with Crippen molar-refractivity contribution < 1.29 is 9.59 Å². The maximum Gasteiger partial charge on any atom is 0.223 e. The maximum absolute atomic E-state index is 12.2. The van der Waals surface area contributed by atoms with Gasteiger partial charge in [0.15, 0.2) is 0 Å². The highest BCUT2D eigenvalue weighted by molar-refractivity contribution is 5.85. The number of likely N-dealkylation sites (tertiary alicyclic amines) is 1. The molecule has 2 rings (SSSR count). The van der Waals surface area contributed by atoms with Crippen molar-refractivity contribution in [3.63, 3.8) is 0 Å². The first-order valence-corrected chi connectivity index (χ1v) is 8.69. The Morgan fingerprint density at radius 1 is 1.17 bits per heavy atom. The fraction of sp³-hybridized carbons (Fsp3) is 0.875. The van der Waals surface area contributed by atoms with Gasteiger partial charge in [0.2, 0.25) is 11.8 Å². The third-order valence-corrected chi connectivity index (χ3v) is 4.46. The number of amides is 2. The third-order valence-electron chi connectivity index (χ3n) is 4.46. The second kappa shape index (κ2) is 10.8. The predicted octanol–water partition coefficient (Wildman–Crippen LogP) is 0.611. The van der Waals surface area contributed by atoms with E-state index in [2.05, 4.69) is 15.5 Å². The van der Waals surface area contributed by atoms with E-state index in [1.165, 1.54) is 0 Å². The molecule has 0 aromatic carbocycles. The highest BCUT2D eigenvalue weighted by Gasteiger charge is 2.22. The Labute approximate surface area is 145 Å². The molecule has 2 fully saturated rings. The molecule has 1 atom stereocenters. The number of piperidine rings is 1. The normalized spacial score (nSPS) is 22.3. The molecule has 0 radical (unpaired) electrons. The largest absolute Gasteiger partial charge is 0.352 e. The van der Waals surface area contributed by atoms with Crippen molar-refractivity contribution in [1.29, 1.82) is 0 Å². The molecule has 23 heavy (non-hydrogen) atoms. The van der Waals surface area contributed by atoms with Crippen LogP contribution in [0.25, 0.3) is 0 Å². The van der Waals surface area contributed by atoms with Crippen LogP contribution >= 0.6 is 12.4 Å². The fourth-order valence-electron chi connectivity index (χ4n) is 3.23. The van der Waals surface area contributed by atoms with Crippen molar-refractivity contribution in [1.82, 2.24) is 20.4 Å². The summed E-state index contributed by atoms with van der Waals surface area (Å²) in [7, 11) is 0. The predicted molar refractivity (Wildman–Crippen MR) is 93.8 cm³/mol. The maximum atomic E-state index is 12.2. The van der Waals surface area contributed by atoms with Gasteiger partial charge in [-0.15, -0.1) is 12.4 Å². The smallest absolute Gasteiger partial charge is 0.223 e. The summed E-state index contributed by atoms with van der Waals surface area (Å²) in [6.45, 7) is 8.21. The lowest BCUT2D eigenvalue weighted by Gasteiger charge is -2.34. The van der Waals surface area contributed by atoms with Crippen molar-refractivity contribution in [3.8, 4) is 0 Å². The van der Waals surface area contributed by atoms with Gasteiger partial charge in [0.1, 0.15) is 0 Å². The lowest BCUT2D eigenvalue weighted by molar-refractivity contribution is -0.132. The molecule has 0 spiro atoms. The summed E-state index contributed by atoms with van der Waals surface area (Å²) in [5, 5.41) is 6.38. The van der Waals surface area contributed by atoms with E-state index in [4.69, 9.17) is 0 Å². The summed E-state index contributed by atoms with van der Waals surface area (Å²) in [4.78, 5) is 28.2. The van der Waals surface area contributed by atoms with Gasteiger partial charge in [-0.05, 0) is 25.8 Å². The van der Waals surface area contributed by atoms with Gasteiger partial charge >= 0.3 is 0 Å². The van der Waals surface area contributed by atoms with Crippen LogP contribution in [0.3, 0.4) is 0 Å². The van der Waals surface area contributed by atoms with E-state index >= 15 is 0 Å². The van der Waals surface area contributed by atoms with Crippen LogP contribution in [0.4, 0.5) is 0 Å².